The molecule has 0 radical (unpaired) electrons. The van der Waals surface area contributed by atoms with Gasteiger partial charge in [-0.25, -0.2) is 4.98 Å². The molecular formula is C22H26N4O. The quantitative estimate of drug-likeness (QED) is 0.756. The molecule has 2 heterocycles. The highest BCUT2D eigenvalue weighted by molar-refractivity contribution is 5.94. The number of hydrogen-bond donors (Lipinski definition) is 1. The van der Waals surface area contributed by atoms with Crippen molar-refractivity contribution < 1.29 is 4.79 Å². The van der Waals surface area contributed by atoms with E-state index >= 15 is 0 Å². The maximum atomic E-state index is 12.0. The number of anilines is 1. The third kappa shape index (κ3) is 3.47. The van der Waals surface area contributed by atoms with Crippen molar-refractivity contribution in [2.45, 2.75) is 39.9 Å². The summed E-state index contributed by atoms with van der Waals surface area (Å²) in [5.41, 5.74) is 4.23. The number of rotatable bonds is 4. The average molecular weight is 362 g/mol. The van der Waals surface area contributed by atoms with Crippen LogP contribution >= 0.6 is 0 Å². The van der Waals surface area contributed by atoms with Crippen molar-refractivity contribution in [1.29, 1.82) is 0 Å². The zero-order valence-electron chi connectivity index (χ0n) is 16.1. The number of carbonyl (C=O) groups is 1. The van der Waals surface area contributed by atoms with Crippen LogP contribution in [0.1, 0.15) is 38.2 Å². The van der Waals surface area contributed by atoms with Crippen LogP contribution in [0.4, 0.5) is 5.69 Å². The van der Waals surface area contributed by atoms with Gasteiger partial charge in [-0.15, -0.1) is 0 Å². The molecule has 1 amide bonds. The van der Waals surface area contributed by atoms with Crippen molar-refractivity contribution in [3.8, 4) is 0 Å². The number of hydrogen-bond acceptors (Lipinski definition) is 3. The van der Waals surface area contributed by atoms with Crippen LogP contribution in [-0.2, 0) is 17.9 Å². The maximum Gasteiger partial charge on any atom is 0.226 e. The molecule has 1 aromatic heterocycles. The minimum atomic E-state index is -0.0380. The number of fused-ring (bicyclic) bond motifs is 3. The van der Waals surface area contributed by atoms with E-state index in [1.54, 1.807) is 0 Å². The second-order valence-electron chi connectivity index (χ2n) is 7.58. The lowest BCUT2D eigenvalue weighted by atomic mass is 10.1. The summed E-state index contributed by atoms with van der Waals surface area (Å²) in [6.07, 6.45) is 0. The van der Waals surface area contributed by atoms with E-state index < -0.39 is 0 Å². The largest absolute Gasteiger partial charge is 0.326 e. The molecular weight excluding hydrogens is 336 g/mol. The molecule has 0 fully saturated rings. The first-order valence-corrected chi connectivity index (χ1v) is 9.62. The van der Waals surface area contributed by atoms with Gasteiger partial charge in [-0.05, 0) is 30.7 Å². The minimum absolute atomic E-state index is 0.0289. The van der Waals surface area contributed by atoms with Gasteiger partial charge in [0.25, 0.3) is 0 Å². The van der Waals surface area contributed by atoms with E-state index in [0.717, 1.165) is 42.2 Å². The van der Waals surface area contributed by atoms with Gasteiger partial charge in [-0.3, -0.25) is 9.69 Å². The Morgan fingerprint density at radius 3 is 2.59 bits per heavy atom. The second kappa shape index (κ2) is 7.16. The Balaban J connectivity index is 1.58. The summed E-state index contributed by atoms with van der Waals surface area (Å²) in [5.74, 6) is 1.08. The molecule has 0 bridgehead atoms. The molecule has 27 heavy (non-hydrogen) atoms. The van der Waals surface area contributed by atoms with Crippen LogP contribution in [0.2, 0.25) is 0 Å². The molecule has 1 aliphatic heterocycles. The SMILES string of the molecule is CC(C)C(=O)Nc1ccc2c(c1)nc1n2CCN(C(C)c2ccccc2)C1. The van der Waals surface area contributed by atoms with Gasteiger partial charge >= 0.3 is 0 Å². The zero-order chi connectivity index (χ0) is 19.0. The number of imidazole rings is 1. The Hall–Kier alpha value is -2.66. The monoisotopic (exact) mass is 362 g/mol. The van der Waals surface area contributed by atoms with Gasteiger partial charge in [0, 0.05) is 30.7 Å². The summed E-state index contributed by atoms with van der Waals surface area (Å²) in [6.45, 7) is 8.81. The van der Waals surface area contributed by atoms with Crippen LogP contribution < -0.4 is 5.32 Å². The fraction of sp³-hybridized carbons (Fsp3) is 0.364. The van der Waals surface area contributed by atoms with Gasteiger partial charge < -0.3 is 9.88 Å². The third-order valence-electron chi connectivity index (χ3n) is 5.40. The van der Waals surface area contributed by atoms with E-state index in [4.69, 9.17) is 4.98 Å². The number of carbonyl (C=O) groups excluding carboxylic acids is 1. The summed E-state index contributed by atoms with van der Waals surface area (Å²) in [6, 6.07) is 17.0. The molecule has 1 atom stereocenters. The molecule has 1 N–H and O–H groups in total. The van der Waals surface area contributed by atoms with Gasteiger partial charge in [0.05, 0.1) is 17.6 Å². The first-order chi connectivity index (χ1) is 13.0. The third-order valence-corrected chi connectivity index (χ3v) is 5.40. The molecule has 1 unspecified atom stereocenters. The van der Waals surface area contributed by atoms with E-state index in [9.17, 15) is 4.79 Å². The van der Waals surface area contributed by atoms with Gasteiger partial charge in [-0.2, -0.15) is 0 Å². The number of nitrogens with one attached hydrogen (secondary N) is 1. The fourth-order valence-electron chi connectivity index (χ4n) is 3.68. The van der Waals surface area contributed by atoms with Crippen LogP contribution in [0.15, 0.2) is 48.5 Å². The first-order valence-electron chi connectivity index (χ1n) is 9.62. The molecule has 2 aromatic carbocycles. The smallest absolute Gasteiger partial charge is 0.226 e. The highest BCUT2D eigenvalue weighted by atomic mass is 16.1. The lowest BCUT2D eigenvalue weighted by Crippen LogP contribution is -2.35. The fourth-order valence-corrected chi connectivity index (χ4v) is 3.68. The van der Waals surface area contributed by atoms with Crippen LogP contribution in [0, 0.1) is 5.92 Å². The zero-order valence-corrected chi connectivity index (χ0v) is 16.1. The van der Waals surface area contributed by atoms with Gasteiger partial charge in [-0.1, -0.05) is 44.2 Å². The highest BCUT2D eigenvalue weighted by Gasteiger charge is 2.24. The standard InChI is InChI=1S/C22H26N4O/c1-15(2)22(27)23-18-9-10-20-19(13-18)24-21-14-25(11-12-26(20)21)16(3)17-7-5-4-6-8-17/h4-10,13,15-16H,11-12,14H2,1-3H3,(H,23,27). The molecule has 0 spiro atoms. The Morgan fingerprint density at radius 2 is 1.85 bits per heavy atom. The van der Waals surface area contributed by atoms with Crippen molar-refractivity contribution in [1.82, 2.24) is 14.5 Å². The minimum Gasteiger partial charge on any atom is -0.326 e. The molecule has 0 saturated carbocycles. The van der Waals surface area contributed by atoms with Crippen molar-refractivity contribution >= 4 is 22.6 Å². The van der Waals surface area contributed by atoms with Gasteiger partial charge in [0.1, 0.15) is 5.82 Å². The van der Waals surface area contributed by atoms with E-state index in [0.29, 0.717) is 6.04 Å². The number of aromatic nitrogens is 2. The summed E-state index contributed by atoms with van der Waals surface area (Å²) in [7, 11) is 0. The van der Waals surface area contributed by atoms with E-state index in [1.165, 1.54) is 5.56 Å². The maximum absolute atomic E-state index is 12.0. The molecule has 0 aliphatic carbocycles. The van der Waals surface area contributed by atoms with Crippen LogP contribution in [-0.4, -0.2) is 26.9 Å². The summed E-state index contributed by atoms with van der Waals surface area (Å²) < 4.78 is 2.30. The van der Waals surface area contributed by atoms with Crippen LogP contribution in [0.3, 0.4) is 0 Å². The number of nitrogens with zero attached hydrogens (tertiary/aromatic N) is 3. The molecule has 1 aliphatic rings. The lowest BCUT2D eigenvalue weighted by molar-refractivity contribution is -0.118. The predicted molar refractivity (Wildman–Crippen MR) is 108 cm³/mol. The predicted octanol–water partition coefficient (Wildman–Crippen LogP) is 4.21. The molecule has 0 saturated heterocycles. The molecule has 140 valence electrons. The molecule has 5 nitrogen and oxygen atoms in total. The molecule has 5 heteroatoms. The first kappa shape index (κ1) is 17.7. The van der Waals surface area contributed by atoms with Crippen molar-refractivity contribution in [2.24, 2.45) is 5.92 Å². The van der Waals surface area contributed by atoms with Gasteiger partial charge in [0.2, 0.25) is 5.91 Å². The second-order valence-corrected chi connectivity index (χ2v) is 7.58. The topological polar surface area (TPSA) is 50.2 Å². The van der Waals surface area contributed by atoms with Crippen LogP contribution in [0.5, 0.6) is 0 Å². The van der Waals surface area contributed by atoms with Gasteiger partial charge in [0.15, 0.2) is 0 Å². The lowest BCUT2D eigenvalue weighted by Gasteiger charge is -2.33. The normalized spacial score (nSPS) is 15.7. The van der Waals surface area contributed by atoms with Crippen molar-refractivity contribution in [3.05, 3.63) is 59.9 Å². The Kier molecular flexibility index (Phi) is 4.70. The molecule has 3 aromatic rings. The van der Waals surface area contributed by atoms with E-state index in [1.807, 2.05) is 26.0 Å². The average Bonchev–Trinajstić information content (AvgIpc) is 3.04. The summed E-state index contributed by atoms with van der Waals surface area (Å²) >= 11 is 0. The number of benzene rings is 2. The molecule has 4 rings (SSSR count). The summed E-state index contributed by atoms with van der Waals surface area (Å²) in [5, 5.41) is 2.96. The Labute approximate surface area is 160 Å². The van der Waals surface area contributed by atoms with E-state index in [-0.39, 0.29) is 11.8 Å². The highest BCUT2D eigenvalue weighted by Crippen LogP contribution is 2.28. The number of amides is 1. The van der Waals surface area contributed by atoms with Crippen molar-refractivity contribution in [2.75, 3.05) is 11.9 Å². The Bertz CT molecular complexity index is 961. The van der Waals surface area contributed by atoms with Crippen molar-refractivity contribution in [3.63, 3.8) is 0 Å². The Morgan fingerprint density at radius 1 is 1.07 bits per heavy atom. The van der Waals surface area contributed by atoms with E-state index in [2.05, 4.69) is 58.1 Å². The van der Waals surface area contributed by atoms with Crippen LogP contribution in [0.25, 0.3) is 11.0 Å². The summed E-state index contributed by atoms with van der Waals surface area (Å²) in [4.78, 5) is 19.3.